The van der Waals surface area contributed by atoms with Gasteiger partial charge in [0.15, 0.2) is 0 Å². The van der Waals surface area contributed by atoms with Crippen LogP contribution in [0.15, 0.2) is 0 Å². The topological polar surface area (TPSA) is 0 Å². The van der Waals surface area contributed by atoms with Gasteiger partial charge in [-0.1, -0.05) is 0 Å². The summed E-state index contributed by atoms with van der Waals surface area (Å²) in [4.78, 5) is 0. The van der Waals surface area contributed by atoms with Crippen LogP contribution in [-0.4, -0.2) is 26.2 Å². The van der Waals surface area contributed by atoms with Gasteiger partial charge in [0.05, 0.1) is 0 Å². The van der Waals surface area contributed by atoms with Crippen molar-refractivity contribution in [3.8, 4) is 0 Å². The largest absolute Gasteiger partial charge is 0.153 e. The molecule has 1 unspecified atom stereocenters. The smallest absolute Gasteiger partial charge is 0 e. The van der Waals surface area contributed by atoms with Crippen LogP contribution in [0.2, 0.25) is 0 Å². The summed E-state index contributed by atoms with van der Waals surface area (Å²) in [6.45, 7) is 0. The Morgan fingerprint density at radius 2 is 1.00 bits per heavy atom. The maximum absolute atomic E-state index is 0. The molecule has 0 spiro atoms. The van der Waals surface area contributed by atoms with Crippen molar-refractivity contribution in [3.63, 3.8) is 0 Å². The van der Waals surface area contributed by atoms with Gasteiger partial charge in [0.25, 0.3) is 0 Å². The third-order valence-corrected chi connectivity index (χ3v) is 0. The molecule has 27 valence electrons. The number of hydrogen-bond acceptors (Lipinski definition) is 0. The first-order chi connectivity index (χ1) is 0. The van der Waals surface area contributed by atoms with E-state index in [0.717, 1.165) is 0 Å². The van der Waals surface area contributed by atoms with Crippen LogP contribution in [0.3, 0.4) is 0 Å². The molecule has 0 aliphatic carbocycles. The maximum Gasteiger partial charge on any atom is 0 e. The molecule has 4 heteroatoms. The number of rotatable bonds is 0. The Bertz CT molecular complexity index is 8.00. The first-order valence-electron chi connectivity index (χ1n) is 0. The van der Waals surface area contributed by atoms with Crippen molar-refractivity contribution in [1.29, 1.82) is 0 Å². The average Bonchev–Trinajstić information content (AvgIpc) is 0. The molecule has 0 rings (SSSR count). The van der Waals surface area contributed by atoms with Crippen LogP contribution < -0.4 is 0 Å². The zero-order valence-electron chi connectivity index (χ0n) is 1.92. The Hall–Kier alpha value is 2.52. The molecule has 0 saturated heterocycles. The molecule has 0 aromatic rings. The van der Waals surface area contributed by atoms with E-state index in [1.165, 1.54) is 0 Å². The van der Waals surface area contributed by atoms with E-state index in [1.54, 1.807) is 0 Å². The fraction of sp³-hybridized carbons (Fsp3) is 0. The molecule has 4 heavy (non-hydrogen) atoms. The van der Waals surface area contributed by atoms with Crippen molar-refractivity contribution >= 4 is 36.1 Å². The van der Waals surface area contributed by atoms with Gasteiger partial charge >= 0.3 is 0 Å². The van der Waals surface area contributed by atoms with E-state index in [2.05, 4.69) is 0 Å². The van der Waals surface area contributed by atoms with Crippen molar-refractivity contribution in [2.45, 2.75) is 0 Å². The quantitative estimate of drug-likeness (QED) is 0.390. The van der Waals surface area contributed by atoms with Gasteiger partial charge in [0.1, 0.15) is 0 Å². The molecular weight excluding hydrogens is 392 g/mol. The van der Waals surface area contributed by atoms with Crippen molar-refractivity contribution in [1.82, 2.24) is 0 Å². The Morgan fingerprint density at radius 1 is 1.00 bits per heavy atom. The molecule has 0 fully saturated rings. The Labute approximate surface area is 73.4 Å². The minimum absolute atomic E-state index is 0. The molecule has 0 aromatic heterocycles. The minimum Gasteiger partial charge on any atom is -0.153 e. The fourth-order valence-corrected chi connectivity index (χ4v) is 0. The molecule has 0 aliphatic rings. The summed E-state index contributed by atoms with van der Waals surface area (Å²) in [5.41, 5.74) is 0. The summed E-state index contributed by atoms with van der Waals surface area (Å²) in [5, 5.41) is 0. The average molecular weight is 395 g/mol. The Balaban J connectivity index is 0. The third-order valence-electron chi connectivity index (χ3n) is 0. The second kappa shape index (κ2) is 17.8. The van der Waals surface area contributed by atoms with Crippen molar-refractivity contribution in [3.05, 3.63) is 0 Å². The van der Waals surface area contributed by atoms with Crippen LogP contribution in [0.25, 0.3) is 0 Å². The maximum atomic E-state index is 0. The minimum atomic E-state index is 0. The normalized spacial score (nSPS) is 0. The van der Waals surface area contributed by atoms with E-state index < -0.39 is 0 Å². The van der Waals surface area contributed by atoms with Crippen LogP contribution >= 0.6 is 9.90 Å². The molecule has 3 radical (unpaired) electrons. The van der Waals surface area contributed by atoms with Crippen LogP contribution in [0, 0.1) is 0 Å². The molecule has 1 atom stereocenters. The van der Waals surface area contributed by atoms with Gasteiger partial charge in [-0.05, 0) is 0 Å². The summed E-state index contributed by atoms with van der Waals surface area (Å²) in [6.07, 6.45) is 0. The summed E-state index contributed by atoms with van der Waals surface area (Å²) in [7, 11) is 0. The zero-order chi connectivity index (χ0) is 0. The third kappa shape index (κ3) is 8.82. The zero-order valence-corrected chi connectivity index (χ0v) is 9.92. The fourth-order valence-electron chi connectivity index (χ4n) is 0. The van der Waals surface area contributed by atoms with E-state index >= 15 is 0 Å². The van der Waals surface area contributed by atoms with Gasteiger partial charge in [-0.3, -0.25) is 0 Å². The van der Waals surface area contributed by atoms with Crippen molar-refractivity contribution in [2.75, 3.05) is 0 Å². The van der Waals surface area contributed by atoms with Gasteiger partial charge in [-0.2, -0.15) is 9.90 Å². The summed E-state index contributed by atoms with van der Waals surface area (Å²) in [5.74, 6) is 0. The molecule has 0 saturated carbocycles. The first kappa shape index (κ1) is 31.3. The second-order valence-electron chi connectivity index (χ2n) is 0. The van der Waals surface area contributed by atoms with E-state index in [4.69, 9.17) is 0 Å². The molecule has 0 bridgehead atoms. The standard InChI is InChI=1S/Bi.Fe.Mo.H3P/h;;;1H3. The van der Waals surface area contributed by atoms with Crippen LogP contribution in [0.5, 0.6) is 0 Å². The number of hydrogen-bond donors (Lipinski definition) is 0. The van der Waals surface area contributed by atoms with Gasteiger partial charge in [-0.15, -0.1) is 0 Å². The van der Waals surface area contributed by atoms with Crippen LogP contribution in [0.1, 0.15) is 0 Å². The van der Waals surface area contributed by atoms with Crippen LogP contribution in [0.4, 0.5) is 0 Å². The molecule has 0 aromatic carbocycles. The SMILES string of the molecule is P.[Bi].[Fe].[Mo]. The predicted octanol–water partition coefficient (Wildman–Crippen LogP) is -0.328. The molecule has 0 amide bonds. The Morgan fingerprint density at radius 3 is 1.00 bits per heavy atom. The van der Waals surface area contributed by atoms with Gasteiger partial charge in [0, 0.05) is 64.3 Å². The van der Waals surface area contributed by atoms with E-state index in [-0.39, 0.29) is 74.2 Å². The molecule has 0 N–H and O–H groups in total. The molecule has 0 nitrogen and oxygen atoms in total. The summed E-state index contributed by atoms with van der Waals surface area (Å²) >= 11 is 0. The van der Waals surface area contributed by atoms with E-state index in [1.807, 2.05) is 0 Å². The molecular formula is H3BiFeMoP. The van der Waals surface area contributed by atoms with Gasteiger partial charge in [-0.25, -0.2) is 0 Å². The summed E-state index contributed by atoms with van der Waals surface area (Å²) in [6, 6.07) is 0. The van der Waals surface area contributed by atoms with E-state index in [9.17, 15) is 0 Å². The van der Waals surface area contributed by atoms with Crippen molar-refractivity contribution < 1.29 is 38.1 Å². The predicted molar refractivity (Wildman–Crippen MR) is 16.9 cm³/mol. The van der Waals surface area contributed by atoms with Gasteiger partial charge < -0.3 is 0 Å². The molecule has 0 aliphatic heterocycles. The van der Waals surface area contributed by atoms with Gasteiger partial charge in [0.2, 0.25) is 0 Å². The summed E-state index contributed by atoms with van der Waals surface area (Å²) < 4.78 is 0. The molecule has 0 heterocycles. The van der Waals surface area contributed by atoms with Crippen LogP contribution in [-0.2, 0) is 38.1 Å². The van der Waals surface area contributed by atoms with E-state index in [0.29, 0.717) is 0 Å². The Kier molecular flexibility index (Phi) is 139. The van der Waals surface area contributed by atoms with Crippen molar-refractivity contribution in [2.24, 2.45) is 0 Å². The second-order valence-corrected chi connectivity index (χ2v) is 0. The monoisotopic (exact) mass is 397 g/mol. The first-order valence-corrected chi connectivity index (χ1v) is 0.